The predicted molar refractivity (Wildman–Crippen MR) is 64.5 cm³/mol. The molecular weight excluding hydrogens is 230 g/mol. The Morgan fingerprint density at radius 2 is 2.00 bits per heavy atom. The van der Waals surface area contributed by atoms with Gasteiger partial charge in [0, 0.05) is 7.05 Å². The second-order valence-corrected chi connectivity index (χ2v) is 3.98. The van der Waals surface area contributed by atoms with Crippen LogP contribution in [0, 0.1) is 5.92 Å². The molecule has 6 heteroatoms. The Labute approximate surface area is 102 Å². The highest BCUT2D eigenvalue weighted by atomic mass is 35.5. The Kier molecular flexibility index (Phi) is 7.08. The minimum Gasteiger partial charge on any atom is -0.357 e. The van der Waals surface area contributed by atoms with Gasteiger partial charge in [-0.25, -0.2) is 0 Å². The molecule has 0 aromatic rings. The lowest BCUT2D eigenvalue weighted by Gasteiger charge is -2.12. The number of amides is 2. The van der Waals surface area contributed by atoms with Gasteiger partial charge in [-0.2, -0.15) is 0 Å². The summed E-state index contributed by atoms with van der Waals surface area (Å²) in [5.41, 5.74) is 0. The molecule has 0 aliphatic heterocycles. The van der Waals surface area contributed by atoms with Gasteiger partial charge in [-0.05, 0) is 32.2 Å². The van der Waals surface area contributed by atoms with E-state index < -0.39 is 6.04 Å². The molecule has 0 aromatic carbocycles. The average molecular weight is 250 g/mol. The van der Waals surface area contributed by atoms with Crippen LogP contribution >= 0.6 is 12.4 Å². The number of carbonyl (C=O) groups is 2. The van der Waals surface area contributed by atoms with Gasteiger partial charge in [-0.3, -0.25) is 9.59 Å². The summed E-state index contributed by atoms with van der Waals surface area (Å²) in [7, 11) is 1.55. The molecule has 1 atom stereocenters. The van der Waals surface area contributed by atoms with E-state index >= 15 is 0 Å². The number of carbonyl (C=O) groups excluding carboxylic acids is 2. The van der Waals surface area contributed by atoms with Crippen LogP contribution in [0.2, 0.25) is 0 Å². The molecule has 2 amide bonds. The molecule has 0 radical (unpaired) electrons. The van der Waals surface area contributed by atoms with Crippen LogP contribution in [0.25, 0.3) is 0 Å². The number of halogens is 1. The Hall–Kier alpha value is -0.810. The summed E-state index contributed by atoms with van der Waals surface area (Å²) in [4.78, 5) is 22.4. The third kappa shape index (κ3) is 5.92. The standard InChI is InChI=1S/C10H19N3O2.ClH/c1-7(10(15)11-2)13-9(14)6-12-5-8-3-4-8;/h7-8,12H,3-6H2,1-2H3,(H,11,15)(H,13,14);1H/t7-;/m1./s1. The van der Waals surface area contributed by atoms with Gasteiger partial charge in [0.05, 0.1) is 6.54 Å². The second kappa shape index (κ2) is 7.46. The topological polar surface area (TPSA) is 70.2 Å². The van der Waals surface area contributed by atoms with E-state index in [0.29, 0.717) is 0 Å². The van der Waals surface area contributed by atoms with E-state index in [0.717, 1.165) is 12.5 Å². The zero-order chi connectivity index (χ0) is 11.3. The van der Waals surface area contributed by atoms with Crippen molar-refractivity contribution >= 4 is 24.2 Å². The van der Waals surface area contributed by atoms with Crippen LogP contribution < -0.4 is 16.0 Å². The van der Waals surface area contributed by atoms with Gasteiger partial charge in [0.25, 0.3) is 0 Å². The Balaban J connectivity index is 0.00000225. The summed E-state index contributed by atoms with van der Waals surface area (Å²) >= 11 is 0. The largest absolute Gasteiger partial charge is 0.357 e. The number of nitrogens with one attached hydrogen (secondary N) is 3. The van der Waals surface area contributed by atoms with Crippen molar-refractivity contribution in [3.05, 3.63) is 0 Å². The summed E-state index contributed by atoms with van der Waals surface area (Å²) in [5, 5.41) is 8.16. The highest BCUT2D eigenvalue weighted by molar-refractivity contribution is 5.87. The van der Waals surface area contributed by atoms with Crippen molar-refractivity contribution in [2.75, 3.05) is 20.1 Å². The molecule has 5 nitrogen and oxygen atoms in total. The summed E-state index contributed by atoms with van der Waals surface area (Å²) < 4.78 is 0. The van der Waals surface area contributed by atoms with Crippen LogP contribution in [0.3, 0.4) is 0 Å². The van der Waals surface area contributed by atoms with E-state index in [1.807, 2.05) is 0 Å². The maximum Gasteiger partial charge on any atom is 0.242 e. The molecule has 0 aromatic heterocycles. The van der Waals surface area contributed by atoms with Crippen molar-refractivity contribution < 1.29 is 9.59 Å². The van der Waals surface area contributed by atoms with Gasteiger partial charge in [-0.1, -0.05) is 0 Å². The molecule has 1 aliphatic carbocycles. The van der Waals surface area contributed by atoms with Gasteiger partial charge in [0.2, 0.25) is 11.8 Å². The van der Waals surface area contributed by atoms with Crippen LogP contribution in [0.1, 0.15) is 19.8 Å². The molecule has 3 N–H and O–H groups in total. The monoisotopic (exact) mass is 249 g/mol. The second-order valence-electron chi connectivity index (χ2n) is 3.98. The third-order valence-corrected chi connectivity index (χ3v) is 2.43. The molecule has 16 heavy (non-hydrogen) atoms. The molecule has 0 bridgehead atoms. The molecule has 0 spiro atoms. The van der Waals surface area contributed by atoms with Crippen LogP contribution in [-0.4, -0.2) is 38.0 Å². The van der Waals surface area contributed by atoms with Gasteiger partial charge < -0.3 is 16.0 Å². The Morgan fingerprint density at radius 1 is 1.38 bits per heavy atom. The summed E-state index contributed by atoms with van der Waals surface area (Å²) in [6.45, 7) is 2.86. The lowest BCUT2D eigenvalue weighted by atomic mass is 10.3. The molecule has 1 aliphatic rings. The zero-order valence-corrected chi connectivity index (χ0v) is 10.5. The normalized spacial score (nSPS) is 15.9. The van der Waals surface area contributed by atoms with E-state index in [1.54, 1.807) is 14.0 Å². The number of hydrogen-bond acceptors (Lipinski definition) is 3. The quantitative estimate of drug-likeness (QED) is 0.603. The van der Waals surface area contributed by atoms with Crippen LogP contribution in [0.4, 0.5) is 0 Å². The minimum atomic E-state index is -0.467. The zero-order valence-electron chi connectivity index (χ0n) is 9.71. The minimum absolute atomic E-state index is 0. The van der Waals surface area contributed by atoms with Gasteiger partial charge >= 0.3 is 0 Å². The molecule has 1 rings (SSSR count). The van der Waals surface area contributed by atoms with E-state index in [9.17, 15) is 9.59 Å². The molecule has 1 fully saturated rings. The smallest absolute Gasteiger partial charge is 0.242 e. The van der Waals surface area contributed by atoms with Gasteiger partial charge in [0.15, 0.2) is 0 Å². The number of hydrogen-bond donors (Lipinski definition) is 3. The van der Waals surface area contributed by atoms with Crippen molar-refractivity contribution in [3.63, 3.8) is 0 Å². The third-order valence-electron chi connectivity index (χ3n) is 2.43. The SMILES string of the molecule is CNC(=O)[C@@H](C)NC(=O)CNCC1CC1.Cl. The van der Waals surface area contributed by atoms with E-state index in [4.69, 9.17) is 0 Å². The molecule has 0 saturated heterocycles. The first-order chi connectivity index (χ1) is 7.13. The first-order valence-corrected chi connectivity index (χ1v) is 5.35. The summed E-state index contributed by atoms with van der Waals surface area (Å²) in [5.74, 6) is 0.450. The van der Waals surface area contributed by atoms with Crippen molar-refractivity contribution in [1.82, 2.24) is 16.0 Å². The summed E-state index contributed by atoms with van der Waals surface area (Å²) in [6.07, 6.45) is 2.53. The molecule has 94 valence electrons. The molecular formula is C10H20ClN3O2. The fraction of sp³-hybridized carbons (Fsp3) is 0.800. The molecule has 1 saturated carbocycles. The summed E-state index contributed by atoms with van der Waals surface area (Å²) in [6, 6.07) is -0.467. The van der Waals surface area contributed by atoms with Crippen molar-refractivity contribution in [2.24, 2.45) is 5.92 Å². The highest BCUT2D eigenvalue weighted by Crippen LogP contribution is 2.27. The average Bonchev–Trinajstić information content (AvgIpc) is 3.00. The maximum absolute atomic E-state index is 11.3. The lowest BCUT2D eigenvalue weighted by Crippen LogP contribution is -2.46. The molecule has 0 unspecified atom stereocenters. The molecule has 0 heterocycles. The van der Waals surface area contributed by atoms with Crippen LogP contribution in [0.5, 0.6) is 0 Å². The van der Waals surface area contributed by atoms with Crippen LogP contribution in [0.15, 0.2) is 0 Å². The number of likely N-dealkylation sites (N-methyl/N-ethyl adjacent to an activating group) is 1. The fourth-order valence-corrected chi connectivity index (χ4v) is 1.29. The van der Waals surface area contributed by atoms with Crippen molar-refractivity contribution in [2.45, 2.75) is 25.8 Å². The fourth-order valence-electron chi connectivity index (χ4n) is 1.29. The van der Waals surface area contributed by atoms with E-state index in [1.165, 1.54) is 12.8 Å². The Bertz CT molecular complexity index is 244. The predicted octanol–water partition coefficient (Wildman–Crippen LogP) is -0.341. The first-order valence-electron chi connectivity index (χ1n) is 5.35. The Morgan fingerprint density at radius 3 is 2.50 bits per heavy atom. The van der Waals surface area contributed by atoms with Crippen molar-refractivity contribution in [3.8, 4) is 0 Å². The lowest BCUT2D eigenvalue weighted by molar-refractivity contribution is -0.127. The van der Waals surface area contributed by atoms with E-state index in [-0.39, 0.29) is 30.8 Å². The highest BCUT2D eigenvalue weighted by Gasteiger charge is 2.21. The maximum atomic E-state index is 11.3. The van der Waals surface area contributed by atoms with Gasteiger partial charge in [-0.15, -0.1) is 12.4 Å². The first kappa shape index (κ1) is 15.2. The van der Waals surface area contributed by atoms with E-state index in [2.05, 4.69) is 16.0 Å². The van der Waals surface area contributed by atoms with Crippen LogP contribution in [-0.2, 0) is 9.59 Å². The number of rotatable bonds is 6. The van der Waals surface area contributed by atoms with Crippen molar-refractivity contribution in [1.29, 1.82) is 0 Å². The van der Waals surface area contributed by atoms with Gasteiger partial charge in [0.1, 0.15) is 6.04 Å².